The molecule has 0 spiro atoms. The molecule has 0 bridgehead atoms. The summed E-state index contributed by atoms with van der Waals surface area (Å²) in [5, 5.41) is 5.86. The van der Waals surface area contributed by atoms with Gasteiger partial charge in [0.05, 0.1) is 27.8 Å². The summed E-state index contributed by atoms with van der Waals surface area (Å²) in [6.07, 6.45) is 1.79. The van der Waals surface area contributed by atoms with Crippen LogP contribution in [0.25, 0.3) is 0 Å². The first kappa shape index (κ1) is 18.8. The fourth-order valence-electron chi connectivity index (χ4n) is 3.00. The van der Waals surface area contributed by atoms with Gasteiger partial charge in [0, 0.05) is 31.3 Å². The number of benzene rings is 1. The quantitative estimate of drug-likeness (QED) is 0.860. The van der Waals surface area contributed by atoms with Crippen LogP contribution < -0.4 is 5.32 Å². The molecule has 26 heavy (non-hydrogen) atoms. The summed E-state index contributed by atoms with van der Waals surface area (Å²) in [5.74, 6) is -0.694. The number of hydrogen-bond donors (Lipinski definition) is 1. The molecule has 2 aromatic rings. The molecule has 0 radical (unpaired) electrons. The Bertz CT molecular complexity index is 827. The summed E-state index contributed by atoms with van der Waals surface area (Å²) in [5.41, 5.74) is 1.01. The van der Waals surface area contributed by atoms with E-state index in [1.54, 1.807) is 4.90 Å². The monoisotopic (exact) mass is 395 g/mol. The number of thiazole rings is 1. The van der Waals surface area contributed by atoms with Gasteiger partial charge in [-0.25, -0.2) is 9.37 Å². The Labute approximate surface area is 160 Å². The molecule has 1 N–H and O–H groups in total. The molecule has 0 unspecified atom stereocenters. The fourth-order valence-corrected chi connectivity index (χ4v) is 4.15. The number of rotatable bonds is 4. The van der Waals surface area contributed by atoms with E-state index >= 15 is 0 Å². The predicted octanol–water partition coefficient (Wildman–Crippen LogP) is 3.59. The van der Waals surface area contributed by atoms with E-state index in [4.69, 9.17) is 11.6 Å². The summed E-state index contributed by atoms with van der Waals surface area (Å²) in [7, 11) is 0. The minimum absolute atomic E-state index is 0.0963. The van der Waals surface area contributed by atoms with Crippen LogP contribution >= 0.6 is 22.9 Å². The van der Waals surface area contributed by atoms with E-state index in [9.17, 15) is 14.0 Å². The maximum atomic E-state index is 13.5. The van der Waals surface area contributed by atoms with Gasteiger partial charge in [0.2, 0.25) is 5.91 Å². The molecule has 1 aromatic heterocycles. The van der Waals surface area contributed by atoms with E-state index < -0.39 is 5.82 Å². The van der Waals surface area contributed by atoms with E-state index in [1.165, 1.54) is 36.5 Å². The van der Waals surface area contributed by atoms with Gasteiger partial charge in [0.25, 0.3) is 5.91 Å². The number of likely N-dealkylation sites (tertiary alicyclic amines) is 1. The van der Waals surface area contributed by atoms with Crippen LogP contribution in [-0.4, -0.2) is 34.8 Å². The molecule has 138 valence electrons. The second-order valence-corrected chi connectivity index (χ2v) is 7.60. The van der Waals surface area contributed by atoms with Crippen molar-refractivity contribution in [2.75, 3.05) is 13.1 Å². The van der Waals surface area contributed by atoms with Crippen molar-refractivity contribution in [3.8, 4) is 0 Å². The summed E-state index contributed by atoms with van der Waals surface area (Å²) in [6.45, 7) is 3.01. The minimum Gasteiger partial charge on any atom is -0.351 e. The van der Waals surface area contributed by atoms with Gasteiger partial charge in [0.15, 0.2) is 0 Å². The molecule has 8 heteroatoms. The van der Waals surface area contributed by atoms with Crippen LogP contribution in [0.1, 0.15) is 46.7 Å². The average molecular weight is 396 g/mol. The number of carbonyl (C=O) groups excluding carboxylic acids is 2. The maximum Gasteiger partial charge on any atom is 0.255 e. The zero-order valence-electron chi connectivity index (χ0n) is 14.3. The molecule has 1 atom stereocenters. The van der Waals surface area contributed by atoms with Crippen LogP contribution in [0.5, 0.6) is 0 Å². The van der Waals surface area contributed by atoms with E-state index in [-0.39, 0.29) is 28.3 Å². The lowest BCUT2D eigenvalue weighted by molar-refractivity contribution is -0.119. The molecule has 1 saturated heterocycles. The Morgan fingerprint density at radius 2 is 2.27 bits per heavy atom. The van der Waals surface area contributed by atoms with Gasteiger partial charge >= 0.3 is 0 Å². The van der Waals surface area contributed by atoms with E-state index in [1.807, 2.05) is 5.38 Å². The zero-order valence-corrected chi connectivity index (χ0v) is 15.9. The highest BCUT2D eigenvalue weighted by Gasteiger charge is 2.28. The first-order valence-electron chi connectivity index (χ1n) is 8.37. The van der Waals surface area contributed by atoms with Gasteiger partial charge in [-0.05, 0) is 31.0 Å². The standard InChI is InChI=1S/C18H19ClFN3O2S/c1-11(24)21-8-14-10-26-17(22-14)12-3-2-6-23(9-12)18(25)15-7-13(20)4-5-16(15)19/h4-5,7,10,12H,2-3,6,8-9H2,1H3,(H,21,24)/t12-/m1/s1. The first-order chi connectivity index (χ1) is 12.4. The lowest BCUT2D eigenvalue weighted by atomic mass is 9.98. The van der Waals surface area contributed by atoms with E-state index in [0.29, 0.717) is 19.6 Å². The number of nitrogens with zero attached hydrogens (tertiary/aromatic N) is 2. The smallest absolute Gasteiger partial charge is 0.255 e. The van der Waals surface area contributed by atoms with Gasteiger partial charge in [0.1, 0.15) is 5.82 Å². The Morgan fingerprint density at radius 1 is 1.46 bits per heavy atom. The number of carbonyl (C=O) groups is 2. The van der Waals surface area contributed by atoms with Crippen LogP contribution in [-0.2, 0) is 11.3 Å². The van der Waals surface area contributed by atoms with Crippen molar-refractivity contribution in [1.82, 2.24) is 15.2 Å². The molecule has 3 rings (SSSR count). The zero-order chi connectivity index (χ0) is 18.7. The Balaban J connectivity index is 1.70. The highest BCUT2D eigenvalue weighted by molar-refractivity contribution is 7.09. The first-order valence-corrected chi connectivity index (χ1v) is 9.63. The summed E-state index contributed by atoms with van der Waals surface area (Å²) in [4.78, 5) is 30.1. The van der Waals surface area contributed by atoms with Crippen molar-refractivity contribution < 1.29 is 14.0 Å². The van der Waals surface area contributed by atoms with Crippen molar-refractivity contribution in [2.45, 2.75) is 32.2 Å². The molecule has 1 aromatic carbocycles. The largest absolute Gasteiger partial charge is 0.351 e. The number of piperidine rings is 1. The van der Waals surface area contributed by atoms with Crippen LogP contribution in [0.2, 0.25) is 5.02 Å². The van der Waals surface area contributed by atoms with Gasteiger partial charge in [-0.1, -0.05) is 11.6 Å². The number of aromatic nitrogens is 1. The number of nitrogens with one attached hydrogen (secondary N) is 1. The minimum atomic E-state index is -0.478. The number of amides is 2. The highest BCUT2D eigenvalue weighted by atomic mass is 35.5. The maximum absolute atomic E-state index is 13.5. The number of halogens is 2. The second kappa shape index (κ2) is 8.14. The molecular formula is C18H19ClFN3O2S. The van der Waals surface area contributed by atoms with E-state index in [0.717, 1.165) is 23.5 Å². The molecular weight excluding hydrogens is 377 g/mol. The molecule has 0 saturated carbocycles. The van der Waals surface area contributed by atoms with Gasteiger partial charge in [-0.2, -0.15) is 0 Å². The second-order valence-electron chi connectivity index (χ2n) is 6.30. The van der Waals surface area contributed by atoms with Crippen molar-refractivity contribution in [3.05, 3.63) is 50.7 Å². The van der Waals surface area contributed by atoms with Crippen LogP contribution in [0.15, 0.2) is 23.6 Å². The predicted molar refractivity (Wildman–Crippen MR) is 98.9 cm³/mol. The molecule has 2 amide bonds. The third-order valence-electron chi connectivity index (χ3n) is 4.30. The molecule has 5 nitrogen and oxygen atoms in total. The summed E-state index contributed by atoms with van der Waals surface area (Å²) < 4.78 is 13.5. The van der Waals surface area contributed by atoms with Crippen molar-refractivity contribution in [2.24, 2.45) is 0 Å². The Kier molecular flexibility index (Phi) is 5.88. The van der Waals surface area contributed by atoms with Gasteiger partial charge in [-0.15, -0.1) is 11.3 Å². The SMILES string of the molecule is CC(=O)NCc1csc([C@@H]2CCCN(C(=O)c3cc(F)ccc3Cl)C2)n1. The van der Waals surface area contributed by atoms with Crippen LogP contribution in [0, 0.1) is 5.82 Å². The third-order valence-corrected chi connectivity index (χ3v) is 5.69. The van der Waals surface area contributed by atoms with Gasteiger partial charge in [-0.3, -0.25) is 9.59 Å². The lowest BCUT2D eigenvalue weighted by Crippen LogP contribution is -2.39. The molecule has 0 aliphatic carbocycles. The molecule has 1 aliphatic heterocycles. The van der Waals surface area contributed by atoms with E-state index in [2.05, 4.69) is 10.3 Å². The summed E-state index contributed by atoms with van der Waals surface area (Å²) >= 11 is 7.60. The van der Waals surface area contributed by atoms with Crippen LogP contribution in [0.4, 0.5) is 4.39 Å². The third kappa shape index (κ3) is 4.40. The molecule has 1 fully saturated rings. The summed E-state index contributed by atoms with van der Waals surface area (Å²) in [6, 6.07) is 3.83. The van der Waals surface area contributed by atoms with Crippen molar-refractivity contribution in [3.63, 3.8) is 0 Å². The highest BCUT2D eigenvalue weighted by Crippen LogP contribution is 2.31. The fraction of sp³-hybridized carbons (Fsp3) is 0.389. The Hall–Kier alpha value is -1.99. The van der Waals surface area contributed by atoms with Crippen LogP contribution in [0.3, 0.4) is 0 Å². The van der Waals surface area contributed by atoms with Crippen molar-refractivity contribution >= 4 is 34.8 Å². The molecule has 1 aliphatic rings. The van der Waals surface area contributed by atoms with Crippen molar-refractivity contribution in [1.29, 1.82) is 0 Å². The normalized spacial score (nSPS) is 17.2. The molecule has 2 heterocycles. The topological polar surface area (TPSA) is 62.3 Å². The lowest BCUT2D eigenvalue weighted by Gasteiger charge is -2.32. The number of hydrogen-bond acceptors (Lipinski definition) is 4. The van der Waals surface area contributed by atoms with Gasteiger partial charge < -0.3 is 10.2 Å². The Morgan fingerprint density at radius 3 is 3.04 bits per heavy atom. The average Bonchev–Trinajstić information content (AvgIpc) is 3.10.